The van der Waals surface area contributed by atoms with Gasteiger partial charge in [0, 0.05) is 76.6 Å². The Morgan fingerprint density at radius 2 is 1.31 bits per heavy atom. The highest BCUT2D eigenvalue weighted by Gasteiger charge is 2.48. The summed E-state index contributed by atoms with van der Waals surface area (Å²) < 4.78 is 45.4. The first kappa shape index (κ1) is 78.2. The molecule has 34 nitrogen and oxygen atoms in total. The molecule has 0 aliphatic carbocycles. The van der Waals surface area contributed by atoms with Crippen molar-refractivity contribution < 1.29 is 81.1 Å². The number of primary amides is 3. The van der Waals surface area contributed by atoms with Crippen LogP contribution in [-0.4, -0.2) is 234 Å². The van der Waals surface area contributed by atoms with Gasteiger partial charge in [-0.05, 0) is 89.6 Å². The molecule has 2 fully saturated rings. The third-order valence-electron chi connectivity index (χ3n) is 16.4. The number of anilines is 1. The quantitative estimate of drug-likeness (QED) is 0.0144. The van der Waals surface area contributed by atoms with E-state index >= 15 is 0 Å². The highest BCUT2D eigenvalue weighted by molar-refractivity contribution is 6.04. The summed E-state index contributed by atoms with van der Waals surface area (Å²) in [7, 11) is 1.46. The Balaban J connectivity index is 0.865. The van der Waals surface area contributed by atoms with Crippen LogP contribution < -0.4 is 59.2 Å². The van der Waals surface area contributed by atoms with Gasteiger partial charge in [0.15, 0.2) is 0 Å². The zero-order valence-corrected chi connectivity index (χ0v) is 58.0. The van der Waals surface area contributed by atoms with Crippen LogP contribution in [0.1, 0.15) is 110 Å². The summed E-state index contributed by atoms with van der Waals surface area (Å²) in [6.45, 7) is 17.4. The Labute approximate surface area is 579 Å². The number of nitrogens with zero attached hydrogens (tertiary/aromatic N) is 8. The van der Waals surface area contributed by atoms with E-state index in [1.807, 2.05) is 37.5 Å². The lowest BCUT2D eigenvalue weighted by atomic mass is 9.91. The summed E-state index contributed by atoms with van der Waals surface area (Å²) in [6.07, 6.45) is 6.71. The fraction of sp³-hybridized carbons (Fsp3) is 0.576. The second-order valence-corrected chi connectivity index (χ2v) is 24.9. The van der Waals surface area contributed by atoms with Crippen molar-refractivity contribution in [1.82, 2.24) is 59.9 Å². The van der Waals surface area contributed by atoms with Crippen LogP contribution in [-0.2, 0) is 76.9 Å². The Morgan fingerprint density at radius 3 is 1.95 bits per heavy atom. The fourth-order valence-corrected chi connectivity index (χ4v) is 11.5. The Hall–Kier alpha value is -9.16. The topological polar surface area (TPSA) is 452 Å². The molecule has 548 valence electrons. The van der Waals surface area contributed by atoms with Gasteiger partial charge in [-0.15, -0.1) is 0 Å². The number of benzene rings is 2. The third-order valence-corrected chi connectivity index (χ3v) is 16.4. The lowest BCUT2D eigenvalue weighted by Crippen LogP contribution is -2.71. The average Bonchev–Trinajstić information content (AvgIpc) is 1.24. The summed E-state index contributed by atoms with van der Waals surface area (Å²) in [5.74, 6) is 0.00744. The van der Waals surface area contributed by atoms with Crippen LogP contribution in [0, 0.1) is 12.8 Å². The highest BCUT2D eigenvalue weighted by Crippen LogP contribution is 2.33. The number of imidazole rings is 2. The Morgan fingerprint density at radius 1 is 0.690 bits per heavy atom. The number of hydrogen-bond donors (Lipinski definition) is 9. The van der Waals surface area contributed by atoms with E-state index in [9.17, 15) is 43.2 Å². The number of rotatable bonds is 44. The molecule has 4 atom stereocenters. The number of likely N-dealkylation sites (tertiary alicyclic amines) is 1. The molecule has 2 aromatic carbocycles. The lowest BCUT2D eigenvalue weighted by Gasteiger charge is -2.54. The maximum atomic E-state index is 14.4. The van der Waals surface area contributed by atoms with E-state index in [0.717, 1.165) is 0 Å². The number of carbonyl (C=O) groups is 9. The molecule has 0 bridgehead atoms. The minimum atomic E-state index is -1.50. The van der Waals surface area contributed by atoms with Gasteiger partial charge in [0.2, 0.25) is 53.2 Å². The van der Waals surface area contributed by atoms with Gasteiger partial charge in [0.05, 0.1) is 103 Å². The lowest BCUT2D eigenvalue weighted by molar-refractivity contribution is -0.190. The maximum Gasteiger partial charge on any atom is 0.276 e. The Kier molecular flexibility index (Phi) is 30.0. The van der Waals surface area contributed by atoms with Gasteiger partial charge in [0.25, 0.3) is 5.91 Å². The predicted molar refractivity (Wildman–Crippen MR) is 364 cm³/mol. The van der Waals surface area contributed by atoms with Crippen LogP contribution in [0.25, 0.3) is 22.1 Å². The first-order valence-corrected chi connectivity index (χ1v) is 33.5. The van der Waals surface area contributed by atoms with Crippen molar-refractivity contribution in [2.75, 3.05) is 118 Å². The van der Waals surface area contributed by atoms with Crippen molar-refractivity contribution in [2.45, 2.75) is 129 Å². The minimum absolute atomic E-state index is 0.0685. The first-order chi connectivity index (χ1) is 47.9. The number of nitrogens with two attached hydrogens (primary N) is 4. The summed E-state index contributed by atoms with van der Waals surface area (Å²) in [5, 5.41) is 17.7. The summed E-state index contributed by atoms with van der Waals surface area (Å²) in [6, 6.07) is 3.10. The molecule has 7 rings (SSSR count). The molecule has 13 N–H and O–H groups in total. The second-order valence-electron chi connectivity index (χ2n) is 24.9. The summed E-state index contributed by atoms with van der Waals surface area (Å²) in [5.41, 5.74) is 19.6. The number of morpholine rings is 1. The molecule has 34 heteroatoms. The summed E-state index contributed by atoms with van der Waals surface area (Å²) in [4.78, 5) is 136. The van der Waals surface area contributed by atoms with Crippen molar-refractivity contribution in [2.24, 2.45) is 29.0 Å². The molecule has 2 aliphatic rings. The van der Waals surface area contributed by atoms with E-state index in [4.69, 9.17) is 56.3 Å². The van der Waals surface area contributed by atoms with Crippen molar-refractivity contribution in [3.8, 4) is 11.5 Å². The standard InChI is InChI=1S/C66H97N17O17/c1-8-83-51(31-42(4)78-83)63(91)77-65-76-48-33-46(59(69)87)34-52(93-7)57(48)82(65)17-10-9-16-81-40-71-47-32-45(58(68)86)35-53(56(47)81)98-21-12-15-79-37-66(38-79)39-80(18-23-99-66)64(92)50(30-41(2)3)75-62(90)49(36-54(67)84)74-61(89)44(6)73-60(88)43(5)72-55(85)14-11-19-94-24-26-96-28-29-97-27-25-95-20-13-22-100-70/h9-10,31-35,40-41,43-44,49-50H,8,11-30,36-39,70H2,1-7H3,(H2,67,84)(H2,68,86)(H2,69,87)(H,72,85)(H,73,88)(H,74,89)(H,75,90)(H,76,77,91)/b10-9+/t43-,44-,49-,50-/m0/s1. The van der Waals surface area contributed by atoms with Crippen molar-refractivity contribution in [3.63, 3.8) is 0 Å². The van der Waals surface area contributed by atoms with Gasteiger partial charge in [-0.3, -0.25) is 58.0 Å². The molecule has 5 aromatic rings. The molecule has 2 aliphatic heterocycles. The fourth-order valence-electron chi connectivity index (χ4n) is 11.5. The second kappa shape index (κ2) is 38.4. The van der Waals surface area contributed by atoms with Crippen LogP contribution in [0.5, 0.6) is 11.5 Å². The van der Waals surface area contributed by atoms with Crippen LogP contribution in [0.3, 0.4) is 0 Å². The number of aryl methyl sites for hydroxylation is 2. The number of allylic oxidation sites excluding steroid dienone is 2. The van der Waals surface area contributed by atoms with Crippen LogP contribution in [0.2, 0.25) is 0 Å². The zero-order valence-electron chi connectivity index (χ0n) is 58.0. The number of carbonyl (C=O) groups excluding carboxylic acids is 9. The molecular formula is C66H97N17O17. The average molecular weight is 1400 g/mol. The molecule has 100 heavy (non-hydrogen) atoms. The smallest absolute Gasteiger partial charge is 0.276 e. The van der Waals surface area contributed by atoms with Gasteiger partial charge in [0.1, 0.15) is 58.0 Å². The van der Waals surface area contributed by atoms with Gasteiger partial charge in [-0.1, -0.05) is 26.0 Å². The molecule has 2 saturated heterocycles. The van der Waals surface area contributed by atoms with E-state index in [2.05, 4.69) is 51.4 Å². The SMILES string of the molecule is CCn1nc(C)cc1C(=O)Nc1nc2cc(C(N)=O)cc(OC)c2n1C/C=C/Cn1cnc2cc(C(N)=O)cc(OCCCN3CC4(C3)CN(C(=O)[C@H](CC(C)C)NC(=O)[C@H](CC(N)=O)NC(=O)[C@H](C)NC(=O)[C@H](C)NC(=O)CCCOCCOCCOCCOCCCON)CCO4)c21. The number of hydrogen-bond acceptors (Lipinski definition) is 22. The predicted octanol–water partition coefficient (Wildman–Crippen LogP) is 0.336. The Bertz CT molecular complexity index is 3660. The molecule has 0 unspecified atom stereocenters. The first-order valence-electron chi connectivity index (χ1n) is 33.5. The van der Waals surface area contributed by atoms with Crippen molar-refractivity contribution >= 4 is 81.2 Å². The number of aromatic nitrogens is 6. The normalized spacial score (nSPS) is 14.9. The number of ether oxygens (including phenoxy) is 7. The van der Waals surface area contributed by atoms with E-state index in [1.165, 1.54) is 33.1 Å². The van der Waals surface area contributed by atoms with Gasteiger partial charge >= 0.3 is 0 Å². The largest absolute Gasteiger partial charge is 0.494 e. The molecule has 9 amide bonds. The number of fused-ring (bicyclic) bond motifs is 2. The molecule has 0 saturated carbocycles. The van der Waals surface area contributed by atoms with Crippen LogP contribution in [0.4, 0.5) is 5.95 Å². The van der Waals surface area contributed by atoms with Crippen LogP contribution in [0.15, 0.2) is 48.8 Å². The number of nitrogens with one attached hydrogen (secondary N) is 5. The van der Waals surface area contributed by atoms with Crippen molar-refractivity contribution in [1.29, 1.82) is 0 Å². The number of methoxy groups -OCH3 is 1. The minimum Gasteiger partial charge on any atom is -0.494 e. The van der Waals surface area contributed by atoms with Crippen LogP contribution >= 0.6 is 0 Å². The molecule has 0 radical (unpaired) electrons. The number of amides is 9. The summed E-state index contributed by atoms with van der Waals surface area (Å²) >= 11 is 0. The molecular weight excluding hydrogens is 1300 g/mol. The third kappa shape index (κ3) is 22.7. The molecule has 5 heterocycles. The van der Waals surface area contributed by atoms with Gasteiger partial charge < -0.3 is 90.5 Å². The van der Waals surface area contributed by atoms with Gasteiger partial charge in [-0.25, -0.2) is 15.9 Å². The van der Waals surface area contributed by atoms with E-state index in [-0.39, 0.29) is 81.2 Å². The van der Waals surface area contributed by atoms with E-state index in [0.29, 0.717) is 150 Å². The van der Waals surface area contributed by atoms with Gasteiger partial charge in [-0.2, -0.15) is 5.10 Å². The molecule has 3 aromatic heterocycles. The zero-order chi connectivity index (χ0) is 72.5. The monoisotopic (exact) mass is 1400 g/mol. The van der Waals surface area contributed by atoms with E-state index < -0.39 is 83.4 Å². The molecule has 1 spiro atoms. The van der Waals surface area contributed by atoms with E-state index in [1.54, 1.807) is 45.6 Å². The van der Waals surface area contributed by atoms with Crippen molar-refractivity contribution in [3.05, 3.63) is 71.3 Å². The highest BCUT2D eigenvalue weighted by atomic mass is 16.6. The maximum absolute atomic E-state index is 14.4.